The van der Waals surface area contributed by atoms with Gasteiger partial charge in [0.05, 0.1) is 5.38 Å². The Morgan fingerprint density at radius 2 is 0.861 bits per heavy atom. The van der Waals surface area contributed by atoms with Crippen LogP contribution in [0.25, 0.3) is 0 Å². The lowest BCUT2D eigenvalue weighted by atomic mass is 10.0. The van der Waals surface area contributed by atoms with E-state index in [2.05, 4.69) is 28.6 Å². The van der Waals surface area contributed by atoms with Gasteiger partial charge in [0.25, 0.3) is 0 Å². The molecule has 0 aromatic carbocycles. The molecule has 0 fully saturated rings. The van der Waals surface area contributed by atoms with Crippen LogP contribution in [0.15, 0.2) is 17.1 Å². The van der Waals surface area contributed by atoms with Gasteiger partial charge >= 0.3 is 0 Å². The van der Waals surface area contributed by atoms with Crippen LogP contribution in [0.3, 0.4) is 0 Å². The fourth-order valence-corrected chi connectivity index (χ4v) is 5.44. The van der Waals surface area contributed by atoms with Crippen LogP contribution in [-0.4, -0.2) is 26.4 Å². The minimum absolute atomic E-state index is 0.858. The molecule has 0 aliphatic carbocycles. The summed E-state index contributed by atoms with van der Waals surface area (Å²) in [5.41, 5.74) is 2.20. The first-order valence-corrected chi connectivity index (χ1v) is 16.9. The molecule has 1 aromatic rings. The Morgan fingerprint density at radius 1 is 0.472 bits per heavy atom. The first-order chi connectivity index (χ1) is 17.9. The second kappa shape index (κ2) is 29.1. The van der Waals surface area contributed by atoms with Crippen LogP contribution < -0.4 is 4.57 Å². The van der Waals surface area contributed by atoms with E-state index < -0.39 is 0 Å². The predicted octanol–water partition coefficient (Wildman–Crippen LogP) is 10.1. The van der Waals surface area contributed by atoms with Crippen LogP contribution in [0.1, 0.15) is 155 Å². The second-order valence-corrected chi connectivity index (χ2v) is 11.5. The number of aromatic nitrogens is 1. The normalized spacial score (nSPS) is 11.5. The fourth-order valence-electron chi connectivity index (χ4n) is 4.81. The van der Waals surface area contributed by atoms with Crippen molar-refractivity contribution in [2.75, 3.05) is 26.4 Å². The fraction of sp³-hybridized carbons (Fsp3) is 0.906. The predicted molar refractivity (Wildman–Crippen MR) is 158 cm³/mol. The quantitative estimate of drug-likeness (QED) is 0.0737. The molecule has 0 N–H and O–H groups in total. The maximum atomic E-state index is 5.78. The lowest BCUT2D eigenvalue weighted by Crippen LogP contribution is -2.29. The van der Waals surface area contributed by atoms with Gasteiger partial charge < -0.3 is 9.47 Å². The molecule has 0 unspecified atom stereocenters. The molecule has 0 bridgehead atoms. The van der Waals surface area contributed by atoms with Gasteiger partial charge in [-0.25, -0.2) is 0 Å². The topological polar surface area (TPSA) is 22.3 Å². The van der Waals surface area contributed by atoms with E-state index in [1.54, 1.807) is 11.3 Å². The maximum absolute atomic E-state index is 5.78. The van der Waals surface area contributed by atoms with Gasteiger partial charge in [-0.3, -0.25) is 0 Å². The zero-order valence-corrected chi connectivity index (χ0v) is 25.0. The summed E-state index contributed by atoms with van der Waals surface area (Å²) in [6.07, 6.45) is 33.8. The average Bonchev–Trinajstić information content (AvgIpc) is 3.41. The minimum Gasteiger partial charge on any atom is -0.381 e. The highest BCUT2D eigenvalue weighted by Crippen LogP contribution is 2.13. The molecule has 0 saturated heterocycles. The first-order valence-electron chi connectivity index (χ1n) is 16.0. The molecular weight excluding hydrogens is 462 g/mol. The lowest BCUT2D eigenvalue weighted by Gasteiger charge is -2.06. The van der Waals surface area contributed by atoms with E-state index in [9.17, 15) is 0 Å². The van der Waals surface area contributed by atoms with Crippen LogP contribution in [0.4, 0.5) is 0 Å². The summed E-state index contributed by atoms with van der Waals surface area (Å²) >= 11 is 1.78. The molecule has 0 aliphatic rings. The van der Waals surface area contributed by atoms with Gasteiger partial charge in [0, 0.05) is 32.8 Å². The van der Waals surface area contributed by atoms with Crippen molar-refractivity contribution in [2.24, 2.45) is 0 Å². The lowest BCUT2D eigenvalue weighted by molar-refractivity contribution is -0.692. The Labute approximate surface area is 229 Å². The maximum Gasteiger partial charge on any atom is 0.224 e. The van der Waals surface area contributed by atoms with E-state index in [4.69, 9.17) is 9.47 Å². The van der Waals surface area contributed by atoms with Gasteiger partial charge in [0.1, 0.15) is 6.54 Å². The second-order valence-electron chi connectivity index (χ2n) is 10.8. The van der Waals surface area contributed by atoms with Gasteiger partial charge in [-0.15, -0.1) is 0 Å². The highest BCUT2D eigenvalue weighted by atomic mass is 32.1. The molecule has 1 rings (SSSR count). The monoisotopic (exact) mass is 524 g/mol. The third-order valence-electron chi connectivity index (χ3n) is 7.20. The standard InChI is InChI=1S/C32H62NO2S/c1-2-3-4-5-6-7-8-9-10-11-12-13-14-16-19-22-27-34-29-24-30-35-28-23-20-17-15-18-21-25-33-26-31-36-32-33/h26,31-32H,2-25,27-30H2,1H3/q+1. The van der Waals surface area contributed by atoms with Gasteiger partial charge in [-0.1, -0.05) is 134 Å². The van der Waals surface area contributed by atoms with Crippen LogP contribution in [0.2, 0.25) is 0 Å². The highest BCUT2D eigenvalue weighted by Gasteiger charge is 2.00. The summed E-state index contributed by atoms with van der Waals surface area (Å²) in [4.78, 5) is 0. The van der Waals surface area contributed by atoms with Crippen LogP contribution in [0, 0.1) is 0 Å². The molecule has 0 spiro atoms. The van der Waals surface area contributed by atoms with Gasteiger partial charge in [-0.05, 0) is 25.7 Å². The first kappa shape index (κ1) is 33.6. The Hall–Kier alpha value is -0.450. The van der Waals surface area contributed by atoms with Crippen LogP contribution in [0.5, 0.6) is 0 Å². The summed E-state index contributed by atoms with van der Waals surface area (Å²) in [6.45, 7) is 7.05. The largest absolute Gasteiger partial charge is 0.381 e. The average molecular weight is 525 g/mol. The van der Waals surface area contributed by atoms with E-state index in [0.717, 1.165) is 32.8 Å². The molecule has 4 heteroatoms. The third kappa shape index (κ3) is 25.2. The van der Waals surface area contributed by atoms with E-state index >= 15 is 0 Å². The van der Waals surface area contributed by atoms with E-state index in [1.165, 1.54) is 148 Å². The van der Waals surface area contributed by atoms with Crippen molar-refractivity contribution in [2.45, 2.75) is 161 Å². The molecule has 0 amide bonds. The summed E-state index contributed by atoms with van der Waals surface area (Å²) in [7, 11) is 0. The molecule has 212 valence electrons. The SMILES string of the molecule is CCCCCCCCCCCCCCCCCCOCCCOCCCCCCCC[n+]1ccsc1. The van der Waals surface area contributed by atoms with Crippen molar-refractivity contribution in [3.05, 3.63) is 17.1 Å². The van der Waals surface area contributed by atoms with Gasteiger partial charge in [-0.2, -0.15) is 4.57 Å². The Kier molecular flexibility index (Phi) is 27.2. The number of rotatable bonds is 30. The van der Waals surface area contributed by atoms with E-state index in [-0.39, 0.29) is 0 Å². The number of unbranched alkanes of at least 4 members (excludes halogenated alkanes) is 20. The Balaban J connectivity index is 1.61. The molecule has 0 aliphatic heterocycles. The van der Waals surface area contributed by atoms with Crippen molar-refractivity contribution in [1.82, 2.24) is 0 Å². The van der Waals surface area contributed by atoms with Crippen LogP contribution in [-0.2, 0) is 16.0 Å². The summed E-state index contributed by atoms with van der Waals surface area (Å²) in [5, 5.41) is 2.15. The molecule has 36 heavy (non-hydrogen) atoms. The van der Waals surface area contributed by atoms with E-state index in [0.29, 0.717) is 0 Å². The van der Waals surface area contributed by atoms with Crippen molar-refractivity contribution in [3.63, 3.8) is 0 Å². The minimum atomic E-state index is 0.858. The zero-order valence-electron chi connectivity index (χ0n) is 24.2. The smallest absolute Gasteiger partial charge is 0.224 e. The third-order valence-corrected chi connectivity index (χ3v) is 7.87. The molecule has 1 aromatic heterocycles. The van der Waals surface area contributed by atoms with Crippen molar-refractivity contribution in [3.8, 4) is 0 Å². The Bertz CT molecular complexity index is 508. The number of hydrogen-bond acceptors (Lipinski definition) is 3. The van der Waals surface area contributed by atoms with Crippen LogP contribution >= 0.6 is 11.3 Å². The molecule has 0 saturated carbocycles. The van der Waals surface area contributed by atoms with Gasteiger partial charge in [0.15, 0.2) is 6.20 Å². The molecular formula is C32H62NO2S+. The highest BCUT2D eigenvalue weighted by molar-refractivity contribution is 7.07. The van der Waals surface area contributed by atoms with Crippen molar-refractivity contribution >= 4 is 11.3 Å². The zero-order chi connectivity index (χ0) is 25.6. The Morgan fingerprint density at radius 3 is 1.28 bits per heavy atom. The molecule has 3 nitrogen and oxygen atoms in total. The van der Waals surface area contributed by atoms with Gasteiger partial charge in [0.2, 0.25) is 5.51 Å². The van der Waals surface area contributed by atoms with Crippen molar-refractivity contribution in [1.29, 1.82) is 0 Å². The number of ether oxygens (including phenoxy) is 2. The summed E-state index contributed by atoms with van der Waals surface area (Å²) in [5.74, 6) is 0. The number of thiazole rings is 1. The number of hydrogen-bond donors (Lipinski definition) is 0. The number of aryl methyl sites for hydroxylation is 1. The summed E-state index contributed by atoms with van der Waals surface area (Å²) < 4.78 is 13.8. The number of nitrogens with zero attached hydrogens (tertiary/aromatic N) is 1. The van der Waals surface area contributed by atoms with E-state index in [1.807, 2.05) is 0 Å². The molecule has 0 atom stereocenters. The molecule has 0 radical (unpaired) electrons. The summed E-state index contributed by atoms with van der Waals surface area (Å²) in [6, 6.07) is 0. The van der Waals surface area contributed by atoms with Crippen molar-refractivity contribution < 1.29 is 14.0 Å². The molecule has 1 heterocycles.